The molecule has 0 aliphatic rings. The van der Waals surface area contributed by atoms with Gasteiger partial charge in [-0.15, -0.1) is 0 Å². The van der Waals surface area contributed by atoms with Crippen molar-refractivity contribution in [2.45, 2.75) is 59.4 Å². The van der Waals surface area contributed by atoms with Crippen LogP contribution in [0.2, 0.25) is 0 Å². The van der Waals surface area contributed by atoms with E-state index in [9.17, 15) is 9.59 Å². The fraction of sp³-hybridized carbons (Fsp3) is 0.524. The van der Waals surface area contributed by atoms with E-state index in [4.69, 9.17) is 4.74 Å². The van der Waals surface area contributed by atoms with Gasteiger partial charge in [0.1, 0.15) is 6.04 Å². The van der Waals surface area contributed by atoms with Crippen LogP contribution < -0.4 is 5.32 Å². The maximum absolute atomic E-state index is 12.2. The first kappa shape index (κ1) is 20.9. The summed E-state index contributed by atoms with van der Waals surface area (Å²) in [5, 5.41) is 2.76. The van der Waals surface area contributed by atoms with Crippen molar-refractivity contribution in [2.75, 3.05) is 6.61 Å². The van der Waals surface area contributed by atoms with E-state index >= 15 is 0 Å². The number of hydrogen-bond donors (Lipinski definition) is 1. The number of ether oxygens (including phenoxy) is 1. The molecule has 0 saturated carbocycles. The Morgan fingerprint density at radius 2 is 1.76 bits per heavy atom. The minimum atomic E-state index is -0.605. The summed E-state index contributed by atoms with van der Waals surface area (Å²) in [5.74, 6) is 0.116. The van der Waals surface area contributed by atoms with Crippen molar-refractivity contribution < 1.29 is 14.3 Å². The van der Waals surface area contributed by atoms with Gasteiger partial charge in [-0.3, -0.25) is 4.79 Å². The number of esters is 1. The van der Waals surface area contributed by atoms with Crippen LogP contribution in [0.5, 0.6) is 0 Å². The number of hydrogen-bond acceptors (Lipinski definition) is 3. The molecule has 1 amide bonds. The normalized spacial score (nSPS) is 12.6. The number of rotatable bonds is 9. The summed E-state index contributed by atoms with van der Waals surface area (Å²) in [5.41, 5.74) is 2.21. The summed E-state index contributed by atoms with van der Waals surface area (Å²) in [4.78, 5) is 24.2. The highest BCUT2D eigenvalue weighted by Gasteiger charge is 2.22. The highest BCUT2D eigenvalue weighted by molar-refractivity contribution is 5.94. The second-order valence-corrected chi connectivity index (χ2v) is 7.01. The lowest BCUT2D eigenvalue weighted by Gasteiger charge is -2.18. The van der Waals surface area contributed by atoms with Crippen molar-refractivity contribution in [3.05, 3.63) is 41.5 Å². The Morgan fingerprint density at radius 3 is 2.28 bits per heavy atom. The van der Waals surface area contributed by atoms with Crippen molar-refractivity contribution in [3.63, 3.8) is 0 Å². The minimum Gasteiger partial charge on any atom is -0.464 e. The molecular formula is C21H31NO3. The first-order valence-corrected chi connectivity index (χ1v) is 9.08. The molecule has 25 heavy (non-hydrogen) atoms. The Labute approximate surface area is 151 Å². The van der Waals surface area contributed by atoms with Gasteiger partial charge in [-0.2, -0.15) is 0 Å². The molecule has 0 aromatic heterocycles. The molecule has 0 heterocycles. The van der Waals surface area contributed by atoms with E-state index in [2.05, 4.69) is 31.3 Å². The van der Waals surface area contributed by atoms with Gasteiger partial charge in [0.05, 0.1) is 6.61 Å². The third kappa shape index (κ3) is 8.01. The van der Waals surface area contributed by atoms with Gasteiger partial charge in [-0.25, -0.2) is 4.79 Å². The first-order valence-electron chi connectivity index (χ1n) is 9.08. The lowest BCUT2D eigenvalue weighted by Crippen LogP contribution is -2.42. The number of carbonyl (C=O) groups is 2. The fourth-order valence-electron chi connectivity index (χ4n) is 2.37. The van der Waals surface area contributed by atoms with Crippen LogP contribution in [0.3, 0.4) is 0 Å². The average molecular weight is 345 g/mol. The van der Waals surface area contributed by atoms with Crippen molar-refractivity contribution in [3.8, 4) is 0 Å². The smallest absolute Gasteiger partial charge is 0.328 e. The molecule has 4 heteroatoms. The van der Waals surface area contributed by atoms with Crippen LogP contribution in [0, 0.1) is 5.92 Å². The van der Waals surface area contributed by atoms with E-state index < -0.39 is 6.04 Å². The van der Waals surface area contributed by atoms with Crippen LogP contribution in [-0.4, -0.2) is 24.5 Å². The Kier molecular flexibility index (Phi) is 8.96. The monoisotopic (exact) mass is 345 g/mol. The first-order chi connectivity index (χ1) is 11.8. The molecule has 0 unspecified atom stereocenters. The van der Waals surface area contributed by atoms with Crippen LogP contribution in [0.1, 0.15) is 64.5 Å². The van der Waals surface area contributed by atoms with Gasteiger partial charge in [0.2, 0.25) is 5.91 Å². The molecule has 0 bridgehead atoms. The largest absolute Gasteiger partial charge is 0.464 e. The molecule has 0 saturated heterocycles. The molecule has 1 rings (SSSR count). The van der Waals surface area contributed by atoms with Crippen LogP contribution >= 0.6 is 0 Å². The number of amides is 1. The zero-order valence-electron chi connectivity index (χ0n) is 16.0. The van der Waals surface area contributed by atoms with Crippen molar-refractivity contribution in [1.29, 1.82) is 0 Å². The van der Waals surface area contributed by atoms with E-state index in [0.29, 0.717) is 18.9 Å². The maximum Gasteiger partial charge on any atom is 0.328 e. The molecule has 0 aliphatic heterocycles. The SMILES string of the molecule is CCCOC(=O)[C@H](CC(C)C)NC(=O)/C=C/c1ccc(C(C)C)cc1. The van der Waals surface area contributed by atoms with Crippen LogP contribution in [0.15, 0.2) is 30.3 Å². The van der Waals surface area contributed by atoms with E-state index in [1.165, 1.54) is 11.6 Å². The van der Waals surface area contributed by atoms with Crippen LogP contribution in [-0.2, 0) is 14.3 Å². The predicted octanol–water partition coefficient (Wildman–Crippen LogP) is 4.31. The van der Waals surface area contributed by atoms with Gasteiger partial charge in [-0.1, -0.05) is 58.9 Å². The quantitative estimate of drug-likeness (QED) is 0.536. The average Bonchev–Trinajstić information content (AvgIpc) is 2.57. The van der Waals surface area contributed by atoms with Crippen molar-refractivity contribution in [2.24, 2.45) is 5.92 Å². The predicted molar refractivity (Wildman–Crippen MR) is 102 cm³/mol. The van der Waals surface area contributed by atoms with Gasteiger partial charge < -0.3 is 10.1 Å². The molecule has 0 spiro atoms. The Morgan fingerprint density at radius 1 is 1.12 bits per heavy atom. The van der Waals surface area contributed by atoms with Crippen LogP contribution in [0.4, 0.5) is 0 Å². The standard InChI is InChI=1S/C21H31NO3/c1-6-13-25-21(24)19(14-15(2)3)22-20(23)12-9-17-7-10-18(11-8-17)16(4)5/h7-12,15-16,19H,6,13-14H2,1-5H3,(H,22,23)/b12-9+/t19-/m0/s1. The van der Waals surface area contributed by atoms with Crippen LogP contribution in [0.25, 0.3) is 6.08 Å². The van der Waals surface area contributed by atoms with E-state index in [0.717, 1.165) is 12.0 Å². The summed E-state index contributed by atoms with van der Waals surface area (Å²) in [6.07, 6.45) is 4.54. The van der Waals surface area contributed by atoms with E-state index in [1.54, 1.807) is 6.08 Å². The molecule has 4 nitrogen and oxygen atoms in total. The third-order valence-corrected chi connectivity index (χ3v) is 3.79. The second kappa shape index (κ2) is 10.7. The lowest BCUT2D eigenvalue weighted by atomic mass is 10.0. The van der Waals surface area contributed by atoms with Gasteiger partial charge in [0, 0.05) is 6.08 Å². The highest BCUT2D eigenvalue weighted by atomic mass is 16.5. The van der Waals surface area contributed by atoms with Gasteiger partial charge in [-0.05, 0) is 41.9 Å². The number of benzene rings is 1. The highest BCUT2D eigenvalue weighted by Crippen LogP contribution is 2.15. The summed E-state index contributed by atoms with van der Waals surface area (Å²) in [7, 11) is 0. The Hall–Kier alpha value is -2.10. The molecule has 1 atom stereocenters. The van der Waals surface area contributed by atoms with E-state index in [-0.39, 0.29) is 17.8 Å². The Balaban J connectivity index is 2.67. The van der Waals surface area contributed by atoms with E-state index in [1.807, 2.05) is 32.9 Å². The van der Waals surface area contributed by atoms with Gasteiger partial charge in [0.25, 0.3) is 0 Å². The lowest BCUT2D eigenvalue weighted by molar-refractivity contribution is -0.148. The minimum absolute atomic E-state index is 0.284. The van der Waals surface area contributed by atoms with Crippen molar-refractivity contribution >= 4 is 18.0 Å². The number of carbonyl (C=O) groups excluding carboxylic acids is 2. The molecule has 0 aliphatic carbocycles. The molecule has 0 radical (unpaired) electrons. The molecule has 1 N–H and O–H groups in total. The molecule has 1 aromatic rings. The van der Waals surface area contributed by atoms with Gasteiger partial charge >= 0.3 is 5.97 Å². The summed E-state index contributed by atoms with van der Waals surface area (Å²) < 4.78 is 5.18. The van der Waals surface area contributed by atoms with Crippen molar-refractivity contribution in [1.82, 2.24) is 5.32 Å². The Bertz CT molecular complexity index is 573. The summed E-state index contributed by atoms with van der Waals surface area (Å²) >= 11 is 0. The number of nitrogens with one attached hydrogen (secondary N) is 1. The molecule has 0 fully saturated rings. The zero-order chi connectivity index (χ0) is 18.8. The second-order valence-electron chi connectivity index (χ2n) is 7.01. The topological polar surface area (TPSA) is 55.4 Å². The summed E-state index contributed by atoms with van der Waals surface area (Å²) in [6, 6.07) is 7.49. The fourth-order valence-corrected chi connectivity index (χ4v) is 2.37. The molecule has 1 aromatic carbocycles. The van der Waals surface area contributed by atoms with Gasteiger partial charge in [0.15, 0.2) is 0 Å². The zero-order valence-corrected chi connectivity index (χ0v) is 16.0. The maximum atomic E-state index is 12.2. The molecular weight excluding hydrogens is 314 g/mol. The summed E-state index contributed by atoms with van der Waals surface area (Å²) in [6.45, 7) is 10.6. The third-order valence-electron chi connectivity index (χ3n) is 3.79. The molecule has 138 valence electrons.